The highest BCUT2D eigenvalue weighted by atomic mass is 35.5. The van der Waals surface area contributed by atoms with Crippen molar-refractivity contribution in [2.45, 2.75) is 0 Å². The van der Waals surface area contributed by atoms with Crippen molar-refractivity contribution in [3.63, 3.8) is 0 Å². The Kier molecular flexibility index (Phi) is 5.25. The summed E-state index contributed by atoms with van der Waals surface area (Å²) in [6, 6.07) is 9.44. The number of hydrogen-bond donors (Lipinski definition) is 2. The molecule has 114 valence electrons. The standard InChI is InChI=1S/C15H12Cl2N2O3/c1-22-13-4-2-3-10(14(13)20)8-18-19-15(21)9-5-6-11(16)12(17)7-9/h2-8,20H,1H3,(H,19,21). The number of benzene rings is 2. The number of phenolic OH excluding ortho intramolecular Hbond substituents is 1. The van der Waals surface area contributed by atoms with E-state index in [1.165, 1.54) is 31.5 Å². The number of carbonyl (C=O) groups excluding carboxylic acids is 1. The highest BCUT2D eigenvalue weighted by molar-refractivity contribution is 6.42. The van der Waals surface area contributed by atoms with Gasteiger partial charge in [-0.1, -0.05) is 29.3 Å². The lowest BCUT2D eigenvalue weighted by atomic mass is 10.2. The summed E-state index contributed by atoms with van der Waals surface area (Å²) in [5.74, 6) is -0.186. The summed E-state index contributed by atoms with van der Waals surface area (Å²) in [5, 5.41) is 14.3. The first kappa shape index (κ1) is 16.1. The van der Waals surface area contributed by atoms with Crippen molar-refractivity contribution < 1.29 is 14.6 Å². The van der Waals surface area contributed by atoms with Crippen LogP contribution in [0.3, 0.4) is 0 Å². The molecule has 0 aliphatic heterocycles. The van der Waals surface area contributed by atoms with E-state index in [0.29, 0.717) is 21.9 Å². The fourth-order valence-electron chi connectivity index (χ4n) is 1.67. The van der Waals surface area contributed by atoms with Crippen LogP contribution in [0.15, 0.2) is 41.5 Å². The fourth-order valence-corrected chi connectivity index (χ4v) is 1.97. The minimum atomic E-state index is -0.447. The molecule has 1 amide bonds. The van der Waals surface area contributed by atoms with E-state index in [-0.39, 0.29) is 10.8 Å². The fraction of sp³-hybridized carbons (Fsp3) is 0.0667. The Morgan fingerprint density at radius 2 is 2.05 bits per heavy atom. The highest BCUT2D eigenvalue weighted by Crippen LogP contribution is 2.28. The van der Waals surface area contributed by atoms with Crippen LogP contribution in [0.1, 0.15) is 15.9 Å². The van der Waals surface area contributed by atoms with Gasteiger partial charge < -0.3 is 9.84 Å². The molecule has 0 fully saturated rings. The molecule has 0 saturated carbocycles. The third-order valence-corrected chi connectivity index (χ3v) is 3.54. The zero-order chi connectivity index (χ0) is 16.1. The number of halogens is 2. The summed E-state index contributed by atoms with van der Waals surface area (Å²) in [4.78, 5) is 11.9. The van der Waals surface area contributed by atoms with Gasteiger partial charge in [0.1, 0.15) is 0 Å². The van der Waals surface area contributed by atoms with E-state index in [1.54, 1.807) is 18.2 Å². The molecule has 0 aromatic heterocycles. The maximum absolute atomic E-state index is 11.9. The van der Waals surface area contributed by atoms with Crippen molar-refractivity contribution >= 4 is 35.3 Å². The molecular formula is C15H12Cl2N2O3. The number of ether oxygens (including phenoxy) is 1. The van der Waals surface area contributed by atoms with Crippen LogP contribution in [0.2, 0.25) is 10.0 Å². The molecule has 5 nitrogen and oxygen atoms in total. The van der Waals surface area contributed by atoms with Crippen LogP contribution in [-0.2, 0) is 0 Å². The first-order valence-corrected chi connectivity index (χ1v) is 6.93. The van der Waals surface area contributed by atoms with Crippen LogP contribution in [0.5, 0.6) is 11.5 Å². The van der Waals surface area contributed by atoms with Crippen molar-refractivity contribution in [3.8, 4) is 11.5 Å². The third-order valence-electron chi connectivity index (χ3n) is 2.80. The topological polar surface area (TPSA) is 70.9 Å². The largest absolute Gasteiger partial charge is 0.504 e. The van der Waals surface area contributed by atoms with Gasteiger partial charge in [0, 0.05) is 11.1 Å². The second-order valence-corrected chi connectivity index (χ2v) is 5.04. The van der Waals surface area contributed by atoms with Crippen LogP contribution in [-0.4, -0.2) is 24.3 Å². The normalized spacial score (nSPS) is 10.7. The Hall–Kier alpha value is -2.24. The molecule has 22 heavy (non-hydrogen) atoms. The van der Waals surface area contributed by atoms with Gasteiger partial charge in [-0.05, 0) is 30.3 Å². The Morgan fingerprint density at radius 3 is 2.73 bits per heavy atom. The van der Waals surface area contributed by atoms with Gasteiger partial charge in [-0.25, -0.2) is 5.43 Å². The number of methoxy groups -OCH3 is 1. The molecule has 2 aromatic rings. The summed E-state index contributed by atoms with van der Waals surface area (Å²) < 4.78 is 4.98. The van der Waals surface area contributed by atoms with Crippen molar-refractivity contribution in [2.24, 2.45) is 5.10 Å². The minimum absolute atomic E-state index is 0.0578. The Balaban J connectivity index is 2.09. The number of hydrogen-bond acceptors (Lipinski definition) is 4. The number of hydrazone groups is 1. The van der Waals surface area contributed by atoms with E-state index in [1.807, 2.05) is 0 Å². The lowest BCUT2D eigenvalue weighted by Gasteiger charge is -2.05. The molecule has 0 saturated heterocycles. The van der Waals surface area contributed by atoms with Crippen molar-refractivity contribution in [2.75, 3.05) is 7.11 Å². The summed E-state index contributed by atoms with van der Waals surface area (Å²) in [5.41, 5.74) is 3.07. The summed E-state index contributed by atoms with van der Waals surface area (Å²) in [7, 11) is 1.45. The molecule has 2 rings (SSSR count). The van der Waals surface area contributed by atoms with Crippen LogP contribution in [0, 0.1) is 0 Å². The first-order chi connectivity index (χ1) is 10.5. The van der Waals surface area contributed by atoms with Crippen LogP contribution < -0.4 is 10.2 Å². The molecule has 0 spiro atoms. The number of aromatic hydroxyl groups is 1. The highest BCUT2D eigenvalue weighted by Gasteiger charge is 2.08. The smallest absolute Gasteiger partial charge is 0.271 e. The number of rotatable bonds is 4. The predicted octanol–water partition coefficient (Wildman–Crippen LogP) is 3.47. The number of nitrogens with zero attached hydrogens (tertiary/aromatic N) is 1. The van der Waals surface area contributed by atoms with Gasteiger partial charge in [-0.15, -0.1) is 0 Å². The minimum Gasteiger partial charge on any atom is -0.504 e. The molecular weight excluding hydrogens is 327 g/mol. The molecule has 2 aromatic carbocycles. The van der Waals surface area contributed by atoms with Gasteiger partial charge in [-0.3, -0.25) is 4.79 Å². The number of nitrogens with one attached hydrogen (secondary N) is 1. The van der Waals surface area contributed by atoms with E-state index in [2.05, 4.69) is 10.5 Å². The monoisotopic (exact) mass is 338 g/mol. The van der Waals surface area contributed by atoms with E-state index in [0.717, 1.165) is 0 Å². The molecule has 0 radical (unpaired) electrons. The number of carbonyl (C=O) groups is 1. The number of phenols is 1. The summed E-state index contributed by atoms with van der Waals surface area (Å²) in [6.07, 6.45) is 1.31. The van der Waals surface area contributed by atoms with Gasteiger partial charge in [0.05, 0.1) is 23.4 Å². The zero-order valence-corrected chi connectivity index (χ0v) is 13.0. The van der Waals surface area contributed by atoms with Crippen LogP contribution in [0.25, 0.3) is 0 Å². The first-order valence-electron chi connectivity index (χ1n) is 6.17. The molecule has 0 aliphatic rings. The Bertz CT molecular complexity index is 733. The van der Waals surface area contributed by atoms with Gasteiger partial charge in [-0.2, -0.15) is 5.10 Å². The lowest BCUT2D eigenvalue weighted by molar-refractivity contribution is 0.0955. The van der Waals surface area contributed by atoms with Gasteiger partial charge in [0.25, 0.3) is 5.91 Å². The van der Waals surface area contributed by atoms with Gasteiger partial charge in [0.15, 0.2) is 11.5 Å². The quantitative estimate of drug-likeness (QED) is 0.662. The van der Waals surface area contributed by atoms with Crippen molar-refractivity contribution in [1.82, 2.24) is 5.43 Å². The molecule has 2 N–H and O–H groups in total. The Labute approximate surface area is 137 Å². The van der Waals surface area contributed by atoms with E-state index in [9.17, 15) is 9.90 Å². The third kappa shape index (κ3) is 3.69. The second kappa shape index (κ2) is 7.15. The summed E-state index contributed by atoms with van der Waals surface area (Å²) >= 11 is 11.6. The lowest BCUT2D eigenvalue weighted by Crippen LogP contribution is -2.17. The van der Waals surface area contributed by atoms with Gasteiger partial charge in [0.2, 0.25) is 0 Å². The van der Waals surface area contributed by atoms with Crippen LogP contribution >= 0.6 is 23.2 Å². The average molecular weight is 339 g/mol. The van der Waals surface area contributed by atoms with Crippen molar-refractivity contribution in [3.05, 3.63) is 57.6 Å². The Morgan fingerprint density at radius 1 is 1.27 bits per heavy atom. The SMILES string of the molecule is COc1cccc(C=NNC(=O)c2ccc(Cl)c(Cl)c2)c1O. The molecule has 0 heterocycles. The van der Waals surface area contributed by atoms with Crippen molar-refractivity contribution in [1.29, 1.82) is 0 Å². The molecule has 0 unspecified atom stereocenters. The second-order valence-electron chi connectivity index (χ2n) is 4.23. The maximum atomic E-state index is 11.9. The number of para-hydroxylation sites is 1. The molecule has 0 aliphatic carbocycles. The van der Waals surface area contributed by atoms with E-state index in [4.69, 9.17) is 27.9 Å². The zero-order valence-electron chi connectivity index (χ0n) is 11.5. The molecule has 7 heteroatoms. The van der Waals surface area contributed by atoms with E-state index < -0.39 is 5.91 Å². The molecule has 0 atom stereocenters. The predicted molar refractivity (Wildman–Crippen MR) is 86.2 cm³/mol. The maximum Gasteiger partial charge on any atom is 0.271 e. The average Bonchev–Trinajstić information content (AvgIpc) is 2.51. The molecule has 0 bridgehead atoms. The number of amides is 1. The summed E-state index contributed by atoms with van der Waals surface area (Å²) in [6.45, 7) is 0. The van der Waals surface area contributed by atoms with Gasteiger partial charge >= 0.3 is 0 Å². The van der Waals surface area contributed by atoms with E-state index >= 15 is 0 Å². The van der Waals surface area contributed by atoms with Crippen LogP contribution in [0.4, 0.5) is 0 Å².